The first-order chi connectivity index (χ1) is 8.74. The number of hydrogen-bond donors (Lipinski definition) is 2. The molecule has 0 aliphatic carbocycles. The van der Waals surface area contributed by atoms with Gasteiger partial charge in [-0.15, -0.1) is 0 Å². The van der Waals surface area contributed by atoms with Crippen LogP contribution in [0.25, 0.3) is 0 Å². The topological polar surface area (TPSA) is 54.4 Å². The molecular formula is C14H22N2O2. The highest BCUT2D eigenvalue weighted by atomic mass is 16.5. The first kappa shape index (κ1) is 13.3. The van der Waals surface area contributed by atoms with Crippen LogP contribution in [0.1, 0.15) is 44.3 Å². The van der Waals surface area contributed by atoms with Crippen LogP contribution in [0.15, 0.2) is 18.5 Å². The first-order valence-electron chi connectivity index (χ1n) is 6.69. The molecule has 0 saturated carbocycles. The molecule has 2 N–H and O–H groups in total. The van der Waals surface area contributed by atoms with Gasteiger partial charge in [0.2, 0.25) is 0 Å². The lowest BCUT2D eigenvalue weighted by atomic mass is 9.94. The van der Waals surface area contributed by atoms with E-state index in [1.54, 1.807) is 12.4 Å². The van der Waals surface area contributed by atoms with Crippen molar-refractivity contribution in [3.8, 4) is 0 Å². The molecule has 2 rings (SSSR count). The second kappa shape index (κ2) is 6.16. The highest BCUT2D eigenvalue weighted by Crippen LogP contribution is 2.35. The molecule has 4 nitrogen and oxygen atoms in total. The van der Waals surface area contributed by atoms with Gasteiger partial charge in [-0.05, 0) is 18.9 Å². The molecule has 1 aliphatic heterocycles. The molecule has 1 saturated heterocycles. The Morgan fingerprint density at radius 3 is 3.06 bits per heavy atom. The van der Waals surface area contributed by atoms with E-state index in [-0.39, 0.29) is 18.3 Å². The minimum absolute atomic E-state index is 0.0317. The van der Waals surface area contributed by atoms with Crippen LogP contribution in [0.2, 0.25) is 0 Å². The molecule has 1 aromatic heterocycles. The van der Waals surface area contributed by atoms with Crippen molar-refractivity contribution in [3.05, 3.63) is 24.0 Å². The summed E-state index contributed by atoms with van der Waals surface area (Å²) in [4.78, 5) is 4.10. The van der Waals surface area contributed by atoms with Crippen LogP contribution >= 0.6 is 0 Å². The number of nitrogens with zero attached hydrogens (tertiary/aromatic N) is 1. The molecule has 3 atom stereocenters. The van der Waals surface area contributed by atoms with Gasteiger partial charge in [0.15, 0.2) is 0 Å². The van der Waals surface area contributed by atoms with Gasteiger partial charge in [-0.3, -0.25) is 4.98 Å². The van der Waals surface area contributed by atoms with E-state index in [1.807, 2.05) is 13.1 Å². The lowest BCUT2D eigenvalue weighted by molar-refractivity contribution is -0.0998. The summed E-state index contributed by atoms with van der Waals surface area (Å²) in [6, 6.07) is 1.97. The Bertz CT molecular complexity index is 384. The fraction of sp³-hybridized carbons (Fsp3) is 0.643. The minimum Gasteiger partial charge on any atom is -0.393 e. The fourth-order valence-electron chi connectivity index (χ4n) is 2.59. The summed E-state index contributed by atoms with van der Waals surface area (Å²) in [7, 11) is 1.88. The van der Waals surface area contributed by atoms with Gasteiger partial charge < -0.3 is 15.2 Å². The van der Waals surface area contributed by atoms with Crippen molar-refractivity contribution in [1.82, 2.24) is 4.98 Å². The Morgan fingerprint density at radius 1 is 1.50 bits per heavy atom. The number of anilines is 1. The van der Waals surface area contributed by atoms with Crippen molar-refractivity contribution in [2.45, 2.75) is 50.9 Å². The normalized spacial score (nSPS) is 28.1. The van der Waals surface area contributed by atoms with E-state index in [9.17, 15) is 5.11 Å². The standard InChI is InChI=1S/C14H22N2O2/c1-3-4-11-7-10(17)8-14(18-11)12-5-6-16-9-13(12)15-2/h5-6,9-11,14-15,17H,3-4,7-8H2,1-2H3. The van der Waals surface area contributed by atoms with Crippen molar-refractivity contribution in [2.24, 2.45) is 0 Å². The van der Waals surface area contributed by atoms with Crippen LogP contribution in [0.4, 0.5) is 5.69 Å². The van der Waals surface area contributed by atoms with E-state index < -0.39 is 0 Å². The summed E-state index contributed by atoms with van der Waals surface area (Å²) in [5, 5.41) is 13.1. The lowest BCUT2D eigenvalue weighted by Crippen LogP contribution is -2.31. The second-order valence-electron chi connectivity index (χ2n) is 4.87. The van der Waals surface area contributed by atoms with E-state index in [2.05, 4.69) is 17.2 Å². The molecule has 0 aromatic carbocycles. The minimum atomic E-state index is -0.266. The predicted octanol–water partition coefficient (Wildman–Crippen LogP) is 2.50. The Balaban J connectivity index is 2.15. The van der Waals surface area contributed by atoms with Crippen LogP contribution in [-0.2, 0) is 4.74 Å². The third-order valence-electron chi connectivity index (χ3n) is 3.46. The quantitative estimate of drug-likeness (QED) is 0.862. The van der Waals surface area contributed by atoms with Crippen molar-refractivity contribution in [3.63, 3.8) is 0 Å². The van der Waals surface area contributed by atoms with E-state index in [1.165, 1.54) is 0 Å². The van der Waals surface area contributed by atoms with Crippen LogP contribution in [-0.4, -0.2) is 29.3 Å². The lowest BCUT2D eigenvalue weighted by Gasteiger charge is -2.34. The number of aliphatic hydroxyl groups is 1. The van der Waals surface area contributed by atoms with E-state index in [4.69, 9.17) is 4.74 Å². The van der Waals surface area contributed by atoms with Gasteiger partial charge in [-0.2, -0.15) is 0 Å². The molecular weight excluding hydrogens is 228 g/mol. The second-order valence-corrected chi connectivity index (χ2v) is 4.87. The summed E-state index contributed by atoms with van der Waals surface area (Å²) >= 11 is 0. The summed E-state index contributed by atoms with van der Waals surface area (Å²) in [5.41, 5.74) is 2.07. The van der Waals surface area contributed by atoms with E-state index >= 15 is 0 Å². The Kier molecular flexibility index (Phi) is 4.55. The number of pyridine rings is 1. The van der Waals surface area contributed by atoms with Crippen LogP contribution in [0, 0.1) is 0 Å². The van der Waals surface area contributed by atoms with Gasteiger partial charge in [0, 0.05) is 25.2 Å². The largest absolute Gasteiger partial charge is 0.393 e. The molecule has 4 heteroatoms. The molecule has 0 spiro atoms. The summed E-state index contributed by atoms with van der Waals surface area (Å²) in [6.45, 7) is 2.14. The Labute approximate surface area is 108 Å². The van der Waals surface area contributed by atoms with Crippen LogP contribution in [0.5, 0.6) is 0 Å². The summed E-state index contributed by atoms with van der Waals surface area (Å²) < 4.78 is 6.10. The number of hydrogen-bond acceptors (Lipinski definition) is 4. The maximum absolute atomic E-state index is 9.99. The third-order valence-corrected chi connectivity index (χ3v) is 3.46. The zero-order valence-corrected chi connectivity index (χ0v) is 11.1. The zero-order chi connectivity index (χ0) is 13.0. The van der Waals surface area contributed by atoms with Crippen LogP contribution in [0.3, 0.4) is 0 Å². The fourth-order valence-corrected chi connectivity index (χ4v) is 2.59. The van der Waals surface area contributed by atoms with Crippen molar-refractivity contribution in [2.75, 3.05) is 12.4 Å². The third kappa shape index (κ3) is 3.00. The summed E-state index contributed by atoms with van der Waals surface area (Å²) in [6.07, 6.45) is 6.95. The molecule has 1 aromatic rings. The van der Waals surface area contributed by atoms with E-state index in [0.717, 1.165) is 30.5 Å². The molecule has 100 valence electrons. The van der Waals surface area contributed by atoms with Crippen LogP contribution < -0.4 is 5.32 Å². The van der Waals surface area contributed by atoms with Crippen molar-refractivity contribution >= 4 is 5.69 Å². The monoisotopic (exact) mass is 250 g/mol. The van der Waals surface area contributed by atoms with Gasteiger partial charge in [0.25, 0.3) is 0 Å². The number of rotatable bonds is 4. The highest BCUT2D eigenvalue weighted by Gasteiger charge is 2.29. The van der Waals surface area contributed by atoms with Crippen molar-refractivity contribution < 1.29 is 9.84 Å². The average molecular weight is 250 g/mol. The highest BCUT2D eigenvalue weighted by molar-refractivity contribution is 5.49. The predicted molar refractivity (Wildman–Crippen MR) is 71.5 cm³/mol. The maximum Gasteiger partial charge on any atom is 0.0874 e. The number of nitrogens with one attached hydrogen (secondary N) is 1. The smallest absolute Gasteiger partial charge is 0.0874 e. The van der Waals surface area contributed by atoms with Gasteiger partial charge >= 0.3 is 0 Å². The maximum atomic E-state index is 9.99. The molecule has 0 amide bonds. The van der Waals surface area contributed by atoms with E-state index in [0.29, 0.717) is 6.42 Å². The van der Waals surface area contributed by atoms with Gasteiger partial charge in [-0.25, -0.2) is 0 Å². The molecule has 18 heavy (non-hydrogen) atoms. The molecule has 0 bridgehead atoms. The molecule has 1 aliphatic rings. The Hall–Kier alpha value is -1.13. The molecule has 0 radical (unpaired) electrons. The number of aliphatic hydroxyl groups excluding tert-OH is 1. The number of aromatic nitrogens is 1. The average Bonchev–Trinajstić information content (AvgIpc) is 2.38. The first-order valence-corrected chi connectivity index (χ1v) is 6.69. The van der Waals surface area contributed by atoms with Gasteiger partial charge in [-0.1, -0.05) is 13.3 Å². The SMILES string of the molecule is CCCC1CC(O)CC(c2ccncc2NC)O1. The number of ether oxygens (including phenoxy) is 1. The molecule has 1 fully saturated rings. The zero-order valence-electron chi connectivity index (χ0n) is 11.1. The van der Waals surface area contributed by atoms with Crippen molar-refractivity contribution in [1.29, 1.82) is 0 Å². The van der Waals surface area contributed by atoms with Gasteiger partial charge in [0.1, 0.15) is 0 Å². The molecule has 3 unspecified atom stereocenters. The summed E-state index contributed by atoms with van der Waals surface area (Å²) in [5.74, 6) is 0. The molecule has 2 heterocycles. The van der Waals surface area contributed by atoms with Gasteiger partial charge in [0.05, 0.1) is 30.2 Å². The Morgan fingerprint density at radius 2 is 2.33 bits per heavy atom.